The topological polar surface area (TPSA) is 101 Å². The number of rotatable bonds is 4. The summed E-state index contributed by atoms with van der Waals surface area (Å²) in [5.41, 5.74) is 0.348. The van der Waals surface area contributed by atoms with Gasteiger partial charge in [-0.1, -0.05) is 24.3 Å². The molecule has 23 heavy (non-hydrogen) atoms. The van der Waals surface area contributed by atoms with Crippen LogP contribution in [0.2, 0.25) is 0 Å². The van der Waals surface area contributed by atoms with Crippen LogP contribution in [0.15, 0.2) is 47.4 Å². The number of fused-ring (bicyclic) bond motifs is 1. The molecule has 6 nitrogen and oxygen atoms in total. The molecule has 7 heteroatoms. The van der Waals surface area contributed by atoms with Gasteiger partial charge < -0.3 is 5.11 Å². The maximum atomic E-state index is 12.4. The van der Waals surface area contributed by atoms with Gasteiger partial charge in [-0.05, 0) is 30.2 Å². The van der Waals surface area contributed by atoms with E-state index in [1.807, 2.05) is 0 Å². The number of carbonyl (C=O) groups excluding carboxylic acids is 1. The van der Waals surface area contributed by atoms with Gasteiger partial charge in [0.15, 0.2) is 5.78 Å². The van der Waals surface area contributed by atoms with Crippen molar-refractivity contribution in [2.45, 2.75) is 17.7 Å². The average Bonchev–Trinajstić information content (AvgIpc) is 2.89. The van der Waals surface area contributed by atoms with Gasteiger partial charge in [0.25, 0.3) is 10.0 Å². The number of Topliss-reactive ketones (excluding diaryl/α,β-unsaturated/α-hetero) is 1. The Labute approximate surface area is 132 Å². The Morgan fingerprint density at radius 2 is 1.74 bits per heavy atom. The van der Waals surface area contributed by atoms with Gasteiger partial charge in [-0.2, -0.15) is 0 Å². The number of aryl methyl sites for hydroxylation is 1. The van der Waals surface area contributed by atoms with E-state index >= 15 is 0 Å². The summed E-state index contributed by atoms with van der Waals surface area (Å²) in [4.78, 5) is 23.5. The number of ketones is 1. The maximum Gasteiger partial charge on any atom is 0.338 e. The molecule has 1 aliphatic carbocycles. The summed E-state index contributed by atoms with van der Waals surface area (Å²) < 4.78 is 27.0. The van der Waals surface area contributed by atoms with Crippen LogP contribution in [0.25, 0.3) is 0 Å². The van der Waals surface area contributed by atoms with Gasteiger partial charge >= 0.3 is 5.97 Å². The number of aromatic carboxylic acids is 1. The van der Waals surface area contributed by atoms with Crippen LogP contribution in [0, 0.1) is 0 Å². The highest BCUT2D eigenvalue weighted by molar-refractivity contribution is 7.92. The summed E-state index contributed by atoms with van der Waals surface area (Å²) in [6, 6.07) is 10.6. The average molecular weight is 331 g/mol. The van der Waals surface area contributed by atoms with Crippen LogP contribution in [0.5, 0.6) is 0 Å². The summed E-state index contributed by atoms with van der Waals surface area (Å²) >= 11 is 0. The number of sulfonamides is 1. The fourth-order valence-electron chi connectivity index (χ4n) is 2.66. The van der Waals surface area contributed by atoms with Crippen LogP contribution in [0.3, 0.4) is 0 Å². The number of anilines is 1. The highest BCUT2D eigenvalue weighted by atomic mass is 32.2. The van der Waals surface area contributed by atoms with Crippen molar-refractivity contribution < 1.29 is 23.1 Å². The van der Waals surface area contributed by atoms with Crippen LogP contribution in [-0.2, 0) is 16.4 Å². The zero-order chi connectivity index (χ0) is 16.6. The summed E-state index contributed by atoms with van der Waals surface area (Å²) in [5, 5.41) is 9.43. The molecule has 3 rings (SSSR count). The van der Waals surface area contributed by atoms with Crippen molar-refractivity contribution in [2.24, 2.45) is 0 Å². The zero-order valence-corrected chi connectivity index (χ0v) is 12.8. The summed E-state index contributed by atoms with van der Waals surface area (Å²) in [6.07, 6.45) is 0.713. The molecule has 2 aromatic rings. The lowest BCUT2D eigenvalue weighted by atomic mass is 10.0. The predicted molar refractivity (Wildman–Crippen MR) is 83.3 cm³/mol. The first-order valence-electron chi connectivity index (χ1n) is 6.90. The van der Waals surface area contributed by atoms with E-state index in [2.05, 4.69) is 4.72 Å². The number of hydrogen-bond donors (Lipinski definition) is 2. The van der Waals surface area contributed by atoms with E-state index in [0.29, 0.717) is 12.0 Å². The normalized spacial score (nSPS) is 13.7. The van der Waals surface area contributed by atoms with Crippen LogP contribution >= 0.6 is 0 Å². The third-order valence-electron chi connectivity index (χ3n) is 3.70. The molecule has 0 saturated heterocycles. The Kier molecular flexibility index (Phi) is 3.65. The van der Waals surface area contributed by atoms with Crippen molar-refractivity contribution >= 4 is 27.5 Å². The van der Waals surface area contributed by atoms with E-state index in [4.69, 9.17) is 0 Å². The second-order valence-electron chi connectivity index (χ2n) is 5.17. The molecule has 2 N–H and O–H groups in total. The number of carboxylic acids is 1. The Morgan fingerprint density at radius 1 is 1.04 bits per heavy atom. The molecule has 0 amide bonds. The molecule has 0 bridgehead atoms. The summed E-state index contributed by atoms with van der Waals surface area (Å²) in [6.45, 7) is 0. The quantitative estimate of drug-likeness (QED) is 0.895. The fourth-order valence-corrected chi connectivity index (χ4v) is 3.75. The van der Waals surface area contributed by atoms with Crippen molar-refractivity contribution in [2.75, 3.05) is 4.72 Å². The zero-order valence-electron chi connectivity index (χ0n) is 11.9. The molecule has 0 spiro atoms. The van der Waals surface area contributed by atoms with Crippen LogP contribution in [0.4, 0.5) is 5.69 Å². The van der Waals surface area contributed by atoms with Gasteiger partial charge in [-0.15, -0.1) is 0 Å². The Balaban J connectivity index is 2.10. The SMILES string of the molecule is O=C1CCc2ccc(NS(=O)(=O)c3ccccc3)c(C(=O)O)c21. The van der Waals surface area contributed by atoms with E-state index in [-0.39, 0.29) is 33.9 Å². The molecular weight excluding hydrogens is 318 g/mol. The van der Waals surface area contributed by atoms with Gasteiger partial charge in [0.1, 0.15) is 0 Å². The molecule has 0 saturated carbocycles. The highest BCUT2D eigenvalue weighted by Gasteiger charge is 2.29. The molecular formula is C16H13NO5S. The van der Waals surface area contributed by atoms with Crippen LogP contribution in [0.1, 0.15) is 32.7 Å². The molecule has 2 aromatic carbocycles. The van der Waals surface area contributed by atoms with Gasteiger partial charge in [0.05, 0.1) is 16.1 Å². The number of benzene rings is 2. The lowest BCUT2D eigenvalue weighted by Crippen LogP contribution is -2.17. The first-order valence-corrected chi connectivity index (χ1v) is 8.39. The molecule has 0 aromatic heterocycles. The van der Waals surface area contributed by atoms with Crippen molar-refractivity contribution in [1.82, 2.24) is 0 Å². The van der Waals surface area contributed by atoms with Crippen LogP contribution < -0.4 is 4.72 Å². The Hall–Kier alpha value is -2.67. The van der Waals surface area contributed by atoms with E-state index < -0.39 is 16.0 Å². The molecule has 0 atom stereocenters. The Bertz CT molecular complexity index is 904. The van der Waals surface area contributed by atoms with Gasteiger partial charge in [0, 0.05) is 12.0 Å². The van der Waals surface area contributed by atoms with Gasteiger partial charge in [-0.3, -0.25) is 9.52 Å². The maximum absolute atomic E-state index is 12.4. The lowest BCUT2D eigenvalue weighted by molar-refractivity contribution is 0.0693. The second kappa shape index (κ2) is 5.51. The lowest BCUT2D eigenvalue weighted by Gasteiger charge is -2.13. The van der Waals surface area contributed by atoms with Crippen molar-refractivity contribution in [3.8, 4) is 0 Å². The highest BCUT2D eigenvalue weighted by Crippen LogP contribution is 2.31. The molecule has 0 unspecified atom stereocenters. The molecule has 0 radical (unpaired) electrons. The summed E-state index contributed by atoms with van der Waals surface area (Å²) in [5.74, 6) is -1.61. The third-order valence-corrected chi connectivity index (χ3v) is 5.08. The predicted octanol–water partition coefficient (Wildman–Crippen LogP) is 2.31. The third kappa shape index (κ3) is 2.70. The van der Waals surface area contributed by atoms with Crippen molar-refractivity contribution in [3.05, 3.63) is 59.2 Å². The van der Waals surface area contributed by atoms with Gasteiger partial charge in [-0.25, -0.2) is 13.2 Å². The number of hydrogen-bond acceptors (Lipinski definition) is 4. The minimum absolute atomic E-state index is 0.0168. The largest absolute Gasteiger partial charge is 0.478 e. The molecule has 118 valence electrons. The smallest absolute Gasteiger partial charge is 0.338 e. The van der Waals surface area contributed by atoms with E-state index in [1.54, 1.807) is 24.3 Å². The van der Waals surface area contributed by atoms with E-state index in [0.717, 1.165) is 0 Å². The minimum Gasteiger partial charge on any atom is -0.478 e. The Morgan fingerprint density at radius 3 is 2.39 bits per heavy atom. The minimum atomic E-state index is -3.93. The van der Waals surface area contributed by atoms with Crippen LogP contribution in [-0.4, -0.2) is 25.3 Å². The molecule has 0 aliphatic heterocycles. The standard InChI is InChI=1S/C16H13NO5S/c18-13-9-7-10-6-8-12(15(14(10)13)16(19)20)17-23(21,22)11-4-2-1-3-5-11/h1-6,8,17H,7,9H2,(H,19,20). The van der Waals surface area contributed by atoms with Gasteiger partial charge in [0.2, 0.25) is 0 Å². The fraction of sp³-hybridized carbons (Fsp3) is 0.125. The van der Waals surface area contributed by atoms with E-state index in [1.165, 1.54) is 18.2 Å². The second-order valence-corrected chi connectivity index (χ2v) is 6.85. The number of nitrogens with one attached hydrogen (secondary N) is 1. The molecule has 0 heterocycles. The van der Waals surface area contributed by atoms with Crippen molar-refractivity contribution in [3.63, 3.8) is 0 Å². The first-order chi connectivity index (χ1) is 10.9. The van der Waals surface area contributed by atoms with E-state index in [9.17, 15) is 23.1 Å². The number of carbonyl (C=O) groups is 2. The summed E-state index contributed by atoms with van der Waals surface area (Å²) in [7, 11) is -3.93. The number of carboxylic acid groups (broad SMARTS) is 1. The molecule has 0 fully saturated rings. The molecule has 1 aliphatic rings. The first kappa shape index (κ1) is 15.2. The van der Waals surface area contributed by atoms with Crippen molar-refractivity contribution in [1.29, 1.82) is 0 Å². The monoisotopic (exact) mass is 331 g/mol.